The zero-order chi connectivity index (χ0) is 12.5. The van der Waals surface area contributed by atoms with Crippen LogP contribution in [0.4, 0.5) is 4.39 Å². The van der Waals surface area contributed by atoms with Gasteiger partial charge in [-0.3, -0.25) is 0 Å². The van der Waals surface area contributed by atoms with E-state index in [0.717, 1.165) is 24.2 Å². The van der Waals surface area contributed by atoms with Crippen LogP contribution in [-0.2, 0) is 6.54 Å². The number of hydrogen-bond donors (Lipinski definition) is 1. The quantitative estimate of drug-likeness (QED) is 0.421. The fraction of sp³-hybridized carbons (Fsp3) is 0.571. The van der Waals surface area contributed by atoms with Gasteiger partial charge in [0.1, 0.15) is 5.82 Å². The van der Waals surface area contributed by atoms with E-state index < -0.39 is 0 Å². The number of halogens is 2. The topological polar surface area (TPSA) is 12.0 Å². The SMILES string of the molecule is Cc1ccc(F)cc1CNCCCCCCI. The molecule has 0 aliphatic rings. The number of aryl methyl sites for hydroxylation is 1. The van der Waals surface area contributed by atoms with Crippen LogP contribution in [0.5, 0.6) is 0 Å². The van der Waals surface area contributed by atoms with Gasteiger partial charge in [-0.1, -0.05) is 41.5 Å². The molecule has 0 saturated heterocycles. The Labute approximate surface area is 117 Å². The van der Waals surface area contributed by atoms with Gasteiger partial charge in [0.05, 0.1) is 0 Å². The van der Waals surface area contributed by atoms with E-state index in [9.17, 15) is 4.39 Å². The Hall–Kier alpha value is -0.160. The van der Waals surface area contributed by atoms with Crippen molar-refractivity contribution in [2.45, 2.75) is 39.2 Å². The summed E-state index contributed by atoms with van der Waals surface area (Å²) in [7, 11) is 0. The first kappa shape index (κ1) is 14.9. The van der Waals surface area contributed by atoms with Crippen LogP contribution < -0.4 is 5.32 Å². The van der Waals surface area contributed by atoms with E-state index in [1.165, 1.54) is 36.2 Å². The van der Waals surface area contributed by atoms with Crippen LogP contribution in [0.2, 0.25) is 0 Å². The van der Waals surface area contributed by atoms with Gasteiger partial charge in [0, 0.05) is 6.54 Å². The first-order valence-electron chi connectivity index (χ1n) is 6.25. The molecule has 0 amide bonds. The summed E-state index contributed by atoms with van der Waals surface area (Å²) in [5, 5.41) is 3.38. The van der Waals surface area contributed by atoms with Crippen molar-refractivity contribution < 1.29 is 4.39 Å². The predicted octanol–water partition coefficient (Wildman–Crippen LogP) is 4.22. The van der Waals surface area contributed by atoms with Crippen molar-refractivity contribution in [1.29, 1.82) is 0 Å². The van der Waals surface area contributed by atoms with Gasteiger partial charge < -0.3 is 5.32 Å². The highest BCUT2D eigenvalue weighted by atomic mass is 127. The maximum atomic E-state index is 13.0. The Morgan fingerprint density at radius 1 is 1.18 bits per heavy atom. The molecular formula is C14H21FIN. The highest BCUT2D eigenvalue weighted by molar-refractivity contribution is 14.1. The average Bonchev–Trinajstić information content (AvgIpc) is 2.32. The van der Waals surface area contributed by atoms with Gasteiger partial charge in [-0.2, -0.15) is 0 Å². The first-order chi connectivity index (χ1) is 8.24. The molecule has 0 unspecified atom stereocenters. The molecule has 17 heavy (non-hydrogen) atoms. The molecule has 1 aromatic rings. The van der Waals surface area contributed by atoms with Crippen LogP contribution >= 0.6 is 22.6 Å². The molecule has 1 nitrogen and oxygen atoms in total. The lowest BCUT2D eigenvalue weighted by Crippen LogP contribution is -2.15. The van der Waals surface area contributed by atoms with Crippen LogP contribution in [0.3, 0.4) is 0 Å². The number of hydrogen-bond acceptors (Lipinski definition) is 1. The molecule has 1 rings (SSSR count). The molecule has 0 radical (unpaired) electrons. The predicted molar refractivity (Wildman–Crippen MR) is 80.2 cm³/mol. The van der Waals surface area contributed by atoms with Crippen LogP contribution in [0, 0.1) is 12.7 Å². The standard InChI is InChI=1S/C14H21FIN/c1-12-6-7-14(15)10-13(12)11-17-9-5-3-2-4-8-16/h6-7,10,17H,2-5,8-9,11H2,1H3. The van der Waals surface area contributed by atoms with Crippen molar-refractivity contribution in [1.82, 2.24) is 5.32 Å². The smallest absolute Gasteiger partial charge is 0.123 e. The van der Waals surface area contributed by atoms with Crippen LogP contribution in [-0.4, -0.2) is 11.0 Å². The largest absolute Gasteiger partial charge is 0.313 e. The average molecular weight is 349 g/mol. The second-order valence-corrected chi connectivity index (χ2v) is 5.43. The molecule has 0 saturated carbocycles. The summed E-state index contributed by atoms with van der Waals surface area (Å²) in [6, 6.07) is 4.98. The molecule has 0 atom stereocenters. The van der Waals surface area contributed by atoms with Gasteiger partial charge in [0.2, 0.25) is 0 Å². The number of rotatable bonds is 8. The Balaban J connectivity index is 2.15. The highest BCUT2D eigenvalue weighted by Crippen LogP contribution is 2.09. The maximum absolute atomic E-state index is 13.0. The Morgan fingerprint density at radius 2 is 1.94 bits per heavy atom. The summed E-state index contributed by atoms with van der Waals surface area (Å²) in [6.45, 7) is 3.82. The molecule has 0 aromatic heterocycles. The number of alkyl halides is 1. The van der Waals surface area contributed by atoms with Gasteiger partial charge in [-0.25, -0.2) is 4.39 Å². The molecule has 0 aliphatic carbocycles. The Bertz CT molecular complexity index is 328. The third-order valence-electron chi connectivity index (χ3n) is 2.86. The van der Waals surface area contributed by atoms with Crippen LogP contribution in [0.1, 0.15) is 36.8 Å². The van der Waals surface area contributed by atoms with Crippen molar-refractivity contribution in [3.63, 3.8) is 0 Å². The number of nitrogens with one attached hydrogen (secondary N) is 1. The minimum absolute atomic E-state index is 0.144. The highest BCUT2D eigenvalue weighted by Gasteiger charge is 1.99. The van der Waals surface area contributed by atoms with Crippen molar-refractivity contribution in [2.24, 2.45) is 0 Å². The van der Waals surface area contributed by atoms with E-state index in [1.54, 1.807) is 6.07 Å². The molecule has 0 heterocycles. The maximum Gasteiger partial charge on any atom is 0.123 e. The van der Waals surface area contributed by atoms with E-state index >= 15 is 0 Å². The van der Waals surface area contributed by atoms with Gasteiger partial charge in [-0.05, 0) is 54.0 Å². The number of benzene rings is 1. The Morgan fingerprint density at radius 3 is 2.71 bits per heavy atom. The van der Waals surface area contributed by atoms with Crippen molar-refractivity contribution >= 4 is 22.6 Å². The molecule has 0 bridgehead atoms. The molecule has 1 N–H and O–H groups in total. The van der Waals surface area contributed by atoms with Gasteiger partial charge >= 0.3 is 0 Å². The van der Waals surface area contributed by atoms with Crippen molar-refractivity contribution in [2.75, 3.05) is 11.0 Å². The second-order valence-electron chi connectivity index (χ2n) is 4.35. The lowest BCUT2D eigenvalue weighted by molar-refractivity contribution is 0.593. The third-order valence-corrected chi connectivity index (χ3v) is 3.63. The van der Waals surface area contributed by atoms with Crippen LogP contribution in [0.25, 0.3) is 0 Å². The first-order valence-corrected chi connectivity index (χ1v) is 7.78. The minimum Gasteiger partial charge on any atom is -0.313 e. The van der Waals surface area contributed by atoms with Gasteiger partial charge in [-0.15, -0.1) is 0 Å². The molecule has 96 valence electrons. The van der Waals surface area contributed by atoms with Gasteiger partial charge in [0.15, 0.2) is 0 Å². The summed E-state index contributed by atoms with van der Waals surface area (Å²) in [5.74, 6) is -0.144. The molecule has 0 fully saturated rings. The van der Waals surface area contributed by atoms with E-state index in [1.807, 2.05) is 13.0 Å². The summed E-state index contributed by atoms with van der Waals surface area (Å²) in [4.78, 5) is 0. The Kier molecular flexibility index (Phi) is 7.77. The summed E-state index contributed by atoms with van der Waals surface area (Å²) in [5.41, 5.74) is 2.22. The lowest BCUT2D eigenvalue weighted by atomic mass is 10.1. The van der Waals surface area contributed by atoms with Crippen molar-refractivity contribution in [3.8, 4) is 0 Å². The molecule has 1 aromatic carbocycles. The normalized spacial score (nSPS) is 10.8. The molecule has 3 heteroatoms. The summed E-state index contributed by atoms with van der Waals surface area (Å²) >= 11 is 2.42. The van der Waals surface area contributed by atoms with E-state index in [2.05, 4.69) is 27.9 Å². The second kappa shape index (κ2) is 8.86. The zero-order valence-electron chi connectivity index (χ0n) is 10.4. The van der Waals surface area contributed by atoms with E-state index in [0.29, 0.717) is 0 Å². The minimum atomic E-state index is -0.144. The zero-order valence-corrected chi connectivity index (χ0v) is 12.6. The van der Waals surface area contributed by atoms with Crippen LogP contribution in [0.15, 0.2) is 18.2 Å². The monoisotopic (exact) mass is 349 g/mol. The molecule has 0 aliphatic heterocycles. The third kappa shape index (κ3) is 6.36. The fourth-order valence-electron chi connectivity index (χ4n) is 1.75. The lowest BCUT2D eigenvalue weighted by Gasteiger charge is -2.07. The summed E-state index contributed by atoms with van der Waals surface area (Å²) < 4.78 is 14.3. The van der Waals surface area contributed by atoms with Crippen molar-refractivity contribution in [3.05, 3.63) is 35.1 Å². The summed E-state index contributed by atoms with van der Waals surface area (Å²) in [6.07, 6.45) is 5.15. The number of unbranched alkanes of at least 4 members (excludes halogenated alkanes) is 3. The van der Waals surface area contributed by atoms with Gasteiger partial charge in [0.25, 0.3) is 0 Å². The van der Waals surface area contributed by atoms with E-state index in [4.69, 9.17) is 0 Å². The molecular weight excluding hydrogens is 328 g/mol. The van der Waals surface area contributed by atoms with E-state index in [-0.39, 0.29) is 5.82 Å². The fourth-order valence-corrected chi connectivity index (χ4v) is 2.29. The molecule has 0 spiro atoms.